The zero-order valence-electron chi connectivity index (χ0n) is 11.2. The van der Waals surface area contributed by atoms with Crippen LogP contribution in [-0.4, -0.2) is 20.3 Å². The van der Waals surface area contributed by atoms with Gasteiger partial charge in [-0.3, -0.25) is 0 Å². The molecule has 0 bridgehead atoms. The highest BCUT2D eigenvalue weighted by molar-refractivity contribution is 5.49. The Morgan fingerprint density at radius 3 is 2.89 bits per heavy atom. The lowest BCUT2D eigenvalue weighted by Gasteiger charge is -2.25. The van der Waals surface area contributed by atoms with Crippen LogP contribution in [0.4, 0.5) is 0 Å². The van der Waals surface area contributed by atoms with Gasteiger partial charge in [0.05, 0.1) is 0 Å². The van der Waals surface area contributed by atoms with E-state index in [1.807, 2.05) is 19.2 Å². The number of nitrogens with one attached hydrogen (secondary N) is 1. The normalized spacial score (nSPS) is 15.2. The summed E-state index contributed by atoms with van der Waals surface area (Å²) in [6.07, 6.45) is 1.93. The average Bonchev–Trinajstić information content (AvgIpc) is 2.44. The van der Waals surface area contributed by atoms with Gasteiger partial charge in [0.25, 0.3) is 0 Å². The number of ether oxygens (including phenoxy) is 2. The number of hydrogen-bond donors (Lipinski definition) is 1. The molecule has 1 aromatic carbocycles. The summed E-state index contributed by atoms with van der Waals surface area (Å²) in [7, 11) is 1.97. The molecule has 0 aliphatic carbocycles. The Kier molecular flexibility index (Phi) is 4.26. The second-order valence-corrected chi connectivity index (χ2v) is 4.52. The van der Waals surface area contributed by atoms with Gasteiger partial charge in [-0.2, -0.15) is 0 Å². The van der Waals surface area contributed by atoms with Gasteiger partial charge in [0.1, 0.15) is 13.2 Å². The molecule has 0 aromatic heterocycles. The SMILES string of the molecule is C=C(CC)CC(NC)c1cccc2c1OCCO2. The van der Waals surface area contributed by atoms with Crippen molar-refractivity contribution in [3.05, 3.63) is 35.9 Å². The van der Waals surface area contributed by atoms with Gasteiger partial charge in [0, 0.05) is 11.6 Å². The van der Waals surface area contributed by atoms with E-state index >= 15 is 0 Å². The summed E-state index contributed by atoms with van der Waals surface area (Å²) in [5.74, 6) is 1.73. The largest absolute Gasteiger partial charge is 0.486 e. The van der Waals surface area contributed by atoms with Crippen LogP contribution >= 0.6 is 0 Å². The number of hydrogen-bond acceptors (Lipinski definition) is 3. The van der Waals surface area contributed by atoms with Crippen molar-refractivity contribution in [2.45, 2.75) is 25.8 Å². The predicted octanol–water partition coefficient (Wildman–Crippen LogP) is 3.07. The van der Waals surface area contributed by atoms with E-state index in [4.69, 9.17) is 9.47 Å². The minimum absolute atomic E-state index is 0.231. The van der Waals surface area contributed by atoms with Crippen LogP contribution in [0.5, 0.6) is 11.5 Å². The Hall–Kier alpha value is -1.48. The van der Waals surface area contributed by atoms with Crippen molar-refractivity contribution in [2.75, 3.05) is 20.3 Å². The molecule has 1 heterocycles. The van der Waals surface area contributed by atoms with Gasteiger partial charge >= 0.3 is 0 Å². The lowest BCUT2D eigenvalue weighted by Crippen LogP contribution is -2.21. The fraction of sp³-hybridized carbons (Fsp3) is 0.467. The number of benzene rings is 1. The Morgan fingerprint density at radius 1 is 1.39 bits per heavy atom. The Bertz CT molecular complexity index is 429. The zero-order chi connectivity index (χ0) is 13.0. The number of rotatable bonds is 5. The maximum atomic E-state index is 5.76. The molecule has 98 valence electrons. The Morgan fingerprint density at radius 2 is 2.17 bits per heavy atom. The Balaban J connectivity index is 2.27. The topological polar surface area (TPSA) is 30.5 Å². The molecule has 1 aromatic rings. The molecule has 1 atom stereocenters. The monoisotopic (exact) mass is 247 g/mol. The molecule has 0 spiro atoms. The minimum atomic E-state index is 0.231. The third-order valence-corrected chi connectivity index (χ3v) is 3.31. The average molecular weight is 247 g/mol. The molecular formula is C15H21NO2. The molecule has 0 saturated heterocycles. The third-order valence-electron chi connectivity index (χ3n) is 3.31. The van der Waals surface area contributed by atoms with Crippen LogP contribution in [0.15, 0.2) is 30.4 Å². The van der Waals surface area contributed by atoms with Crippen LogP contribution in [0.2, 0.25) is 0 Å². The first-order chi connectivity index (χ1) is 8.76. The predicted molar refractivity (Wildman–Crippen MR) is 73.3 cm³/mol. The lowest BCUT2D eigenvalue weighted by atomic mass is 9.97. The molecule has 1 aliphatic heterocycles. The fourth-order valence-corrected chi connectivity index (χ4v) is 2.17. The first kappa shape index (κ1) is 13.0. The molecule has 0 fully saturated rings. The lowest BCUT2D eigenvalue weighted by molar-refractivity contribution is 0.168. The summed E-state index contributed by atoms with van der Waals surface area (Å²) in [6.45, 7) is 7.47. The van der Waals surface area contributed by atoms with E-state index in [2.05, 4.69) is 24.9 Å². The Labute approximate surface area is 109 Å². The van der Waals surface area contributed by atoms with Crippen molar-refractivity contribution < 1.29 is 9.47 Å². The summed E-state index contributed by atoms with van der Waals surface area (Å²) in [5, 5.41) is 3.34. The smallest absolute Gasteiger partial charge is 0.166 e. The van der Waals surface area contributed by atoms with Crippen LogP contribution < -0.4 is 14.8 Å². The maximum absolute atomic E-state index is 5.76. The van der Waals surface area contributed by atoms with Crippen molar-refractivity contribution in [1.82, 2.24) is 5.32 Å². The summed E-state index contributed by atoms with van der Waals surface area (Å²) in [6, 6.07) is 6.30. The third kappa shape index (κ3) is 2.67. The van der Waals surface area contributed by atoms with E-state index in [-0.39, 0.29) is 6.04 Å². The quantitative estimate of drug-likeness (QED) is 0.811. The summed E-state index contributed by atoms with van der Waals surface area (Å²) in [4.78, 5) is 0. The van der Waals surface area contributed by atoms with E-state index in [1.165, 1.54) is 5.57 Å². The molecule has 1 aliphatic rings. The maximum Gasteiger partial charge on any atom is 0.166 e. The van der Waals surface area contributed by atoms with Crippen LogP contribution in [0.1, 0.15) is 31.4 Å². The van der Waals surface area contributed by atoms with E-state index in [0.29, 0.717) is 13.2 Å². The summed E-state index contributed by atoms with van der Waals surface area (Å²) < 4.78 is 11.4. The summed E-state index contributed by atoms with van der Waals surface area (Å²) >= 11 is 0. The van der Waals surface area contributed by atoms with E-state index in [1.54, 1.807) is 0 Å². The number of fused-ring (bicyclic) bond motifs is 1. The molecule has 0 saturated carbocycles. The second-order valence-electron chi connectivity index (χ2n) is 4.52. The van der Waals surface area contributed by atoms with Crippen molar-refractivity contribution in [3.8, 4) is 11.5 Å². The molecule has 2 rings (SSSR count). The zero-order valence-corrected chi connectivity index (χ0v) is 11.2. The van der Waals surface area contributed by atoms with Gasteiger partial charge < -0.3 is 14.8 Å². The van der Waals surface area contributed by atoms with Crippen molar-refractivity contribution in [2.24, 2.45) is 0 Å². The van der Waals surface area contributed by atoms with Crippen LogP contribution in [0.3, 0.4) is 0 Å². The summed E-state index contributed by atoms with van der Waals surface area (Å²) in [5.41, 5.74) is 2.40. The highest BCUT2D eigenvalue weighted by Crippen LogP contribution is 2.38. The molecule has 3 heteroatoms. The highest BCUT2D eigenvalue weighted by atomic mass is 16.6. The molecule has 3 nitrogen and oxygen atoms in total. The first-order valence-electron chi connectivity index (χ1n) is 6.48. The van der Waals surface area contributed by atoms with E-state index in [9.17, 15) is 0 Å². The van der Waals surface area contributed by atoms with Crippen molar-refractivity contribution in [3.63, 3.8) is 0 Å². The van der Waals surface area contributed by atoms with Gasteiger partial charge in [-0.1, -0.05) is 31.2 Å². The molecular weight excluding hydrogens is 226 g/mol. The molecule has 0 amide bonds. The van der Waals surface area contributed by atoms with Crippen LogP contribution in [-0.2, 0) is 0 Å². The highest BCUT2D eigenvalue weighted by Gasteiger charge is 2.21. The fourth-order valence-electron chi connectivity index (χ4n) is 2.17. The van der Waals surface area contributed by atoms with Crippen molar-refractivity contribution >= 4 is 0 Å². The van der Waals surface area contributed by atoms with Gasteiger partial charge in [-0.05, 0) is 26.0 Å². The molecule has 18 heavy (non-hydrogen) atoms. The van der Waals surface area contributed by atoms with Gasteiger partial charge in [0.2, 0.25) is 0 Å². The molecule has 0 radical (unpaired) electrons. The van der Waals surface area contributed by atoms with E-state index < -0.39 is 0 Å². The van der Waals surface area contributed by atoms with Gasteiger partial charge in [-0.25, -0.2) is 0 Å². The van der Waals surface area contributed by atoms with Crippen molar-refractivity contribution in [1.29, 1.82) is 0 Å². The standard InChI is InChI=1S/C15H21NO2/c1-4-11(2)10-13(16-3)12-6-5-7-14-15(12)18-9-8-17-14/h5-7,13,16H,2,4,8-10H2,1,3H3. The molecule has 1 N–H and O–H groups in total. The second kappa shape index (κ2) is 5.91. The van der Waals surface area contributed by atoms with Crippen LogP contribution in [0.25, 0.3) is 0 Å². The van der Waals surface area contributed by atoms with Crippen LogP contribution in [0, 0.1) is 0 Å². The van der Waals surface area contributed by atoms with Gasteiger partial charge in [-0.15, -0.1) is 0 Å². The van der Waals surface area contributed by atoms with E-state index in [0.717, 1.165) is 29.9 Å². The molecule has 1 unspecified atom stereocenters. The number of para-hydroxylation sites is 1. The first-order valence-corrected chi connectivity index (χ1v) is 6.48. The van der Waals surface area contributed by atoms with Gasteiger partial charge in [0.15, 0.2) is 11.5 Å². The minimum Gasteiger partial charge on any atom is -0.486 e.